The van der Waals surface area contributed by atoms with Crippen LogP contribution in [0.3, 0.4) is 0 Å². The molecular formula is C19H21N5O3. The monoisotopic (exact) mass is 367 g/mol. The van der Waals surface area contributed by atoms with Crippen molar-refractivity contribution in [1.82, 2.24) is 15.0 Å². The number of H-pyrrole nitrogens is 1. The van der Waals surface area contributed by atoms with Gasteiger partial charge in [0, 0.05) is 24.5 Å². The summed E-state index contributed by atoms with van der Waals surface area (Å²) < 4.78 is 5.42. The van der Waals surface area contributed by atoms with Crippen molar-refractivity contribution < 1.29 is 14.6 Å². The van der Waals surface area contributed by atoms with Crippen molar-refractivity contribution >= 4 is 34.5 Å². The molecule has 8 nitrogen and oxygen atoms in total. The number of aromatic nitrogens is 3. The van der Waals surface area contributed by atoms with Crippen molar-refractivity contribution in [2.24, 2.45) is 0 Å². The van der Waals surface area contributed by atoms with Crippen molar-refractivity contribution in [3.8, 4) is 0 Å². The fourth-order valence-electron chi connectivity index (χ4n) is 3.19. The van der Waals surface area contributed by atoms with Crippen LogP contribution in [-0.2, 0) is 4.74 Å². The van der Waals surface area contributed by atoms with Crippen LogP contribution in [-0.4, -0.2) is 52.3 Å². The van der Waals surface area contributed by atoms with Gasteiger partial charge in [-0.2, -0.15) is 9.97 Å². The van der Waals surface area contributed by atoms with Gasteiger partial charge in [0.15, 0.2) is 0 Å². The van der Waals surface area contributed by atoms with Crippen LogP contribution in [0.2, 0.25) is 0 Å². The van der Waals surface area contributed by atoms with Crippen LogP contribution in [0.15, 0.2) is 24.3 Å². The lowest BCUT2D eigenvalue weighted by molar-refractivity contribution is 0.0697. The zero-order valence-corrected chi connectivity index (χ0v) is 15.2. The van der Waals surface area contributed by atoms with E-state index in [4.69, 9.17) is 14.8 Å². The van der Waals surface area contributed by atoms with Crippen molar-refractivity contribution in [1.29, 1.82) is 0 Å². The van der Waals surface area contributed by atoms with Crippen LogP contribution in [0.5, 0.6) is 0 Å². The fourth-order valence-corrected chi connectivity index (χ4v) is 3.19. The van der Waals surface area contributed by atoms with E-state index < -0.39 is 5.97 Å². The Hall–Kier alpha value is -3.13. The first-order chi connectivity index (χ1) is 13.0. The molecule has 8 heteroatoms. The lowest BCUT2D eigenvalue weighted by Gasteiger charge is -2.27. The number of rotatable bonds is 4. The minimum Gasteiger partial charge on any atom is -0.478 e. The van der Waals surface area contributed by atoms with Gasteiger partial charge in [-0.25, -0.2) is 4.79 Å². The van der Waals surface area contributed by atoms with Gasteiger partial charge in [-0.3, -0.25) is 0 Å². The molecule has 0 aliphatic carbocycles. The molecule has 2 aromatic heterocycles. The van der Waals surface area contributed by atoms with E-state index in [1.165, 1.54) is 0 Å². The number of aryl methyl sites for hydroxylation is 2. The van der Waals surface area contributed by atoms with Crippen LogP contribution in [0, 0.1) is 13.8 Å². The van der Waals surface area contributed by atoms with Gasteiger partial charge in [-0.05, 0) is 43.7 Å². The van der Waals surface area contributed by atoms with Crippen molar-refractivity contribution in [2.45, 2.75) is 13.8 Å². The van der Waals surface area contributed by atoms with E-state index in [-0.39, 0.29) is 5.56 Å². The Bertz CT molecular complexity index is 1010. The number of hydrogen-bond donors (Lipinski definition) is 3. The molecule has 3 aromatic rings. The first kappa shape index (κ1) is 17.3. The van der Waals surface area contributed by atoms with Crippen LogP contribution < -0.4 is 10.2 Å². The molecule has 1 aliphatic rings. The van der Waals surface area contributed by atoms with Gasteiger partial charge >= 0.3 is 5.97 Å². The van der Waals surface area contributed by atoms with Crippen molar-refractivity contribution in [3.63, 3.8) is 0 Å². The van der Waals surface area contributed by atoms with Gasteiger partial charge in [0.2, 0.25) is 5.95 Å². The molecule has 1 saturated heterocycles. The van der Waals surface area contributed by atoms with Crippen molar-refractivity contribution in [2.75, 3.05) is 36.5 Å². The molecule has 0 bridgehead atoms. The van der Waals surface area contributed by atoms with Gasteiger partial charge in [0.25, 0.3) is 0 Å². The number of aromatic amines is 1. The number of nitrogens with one attached hydrogen (secondary N) is 2. The topological polar surface area (TPSA) is 103 Å². The number of carboxylic acids is 1. The molecule has 0 saturated carbocycles. The molecule has 3 heterocycles. The molecule has 1 fully saturated rings. The molecule has 27 heavy (non-hydrogen) atoms. The van der Waals surface area contributed by atoms with E-state index in [1.54, 1.807) is 18.2 Å². The van der Waals surface area contributed by atoms with Crippen LogP contribution in [0.1, 0.15) is 21.6 Å². The summed E-state index contributed by atoms with van der Waals surface area (Å²) in [5.41, 5.74) is 3.68. The Balaban J connectivity index is 1.74. The molecular weight excluding hydrogens is 346 g/mol. The van der Waals surface area contributed by atoms with E-state index in [9.17, 15) is 4.79 Å². The smallest absolute Gasteiger partial charge is 0.335 e. The van der Waals surface area contributed by atoms with E-state index in [0.29, 0.717) is 25.0 Å². The second kappa shape index (κ2) is 6.88. The zero-order chi connectivity index (χ0) is 19.0. The van der Waals surface area contributed by atoms with Gasteiger partial charge < -0.3 is 25.0 Å². The second-order valence-corrected chi connectivity index (χ2v) is 6.65. The number of morpholine rings is 1. The maximum absolute atomic E-state index is 11.2. The zero-order valence-electron chi connectivity index (χ0n) is 15.2. The Morgan fingerprint density at radius 2 is 2.00 bits per heavy atom. The molecule has 3 N–H and O–H groups in total. The van der Waals surface area contributed by atoms with Crippen molar-refractivity contribution in [3.05, 3.63) is 41.1 Å². The third-order valence-corrected chi connectivity index (χ3v) is 4.63. The quantitative estimate of drug-likeness (QED) is 0.651. The lowest BCUT2D eigenvalue weighted by atomic mass is 10.1. The highest BCUT2D eigenvalue weighted by atomic mass is 16.5. The maximum atomic E-state index is 11.2. The number of carboxylic acid groups (broad SMARTS) is 1. The predicted molar refractivity (Wildman–Crippen MR) is 103 cm³/mol. The third kappa shape index (κ3) is 3.43. The first-order valence-corrected chi connectivity index (χ1v) is 8.82. The lowest BCUT2D eigenvalue weighted by Crippen LogP contribution is -2.37. The summed E-state index contributed by atoms with van der Waals surface area (Å²) in [5, 5.41) is 13.4. The average molecular weight is 367 g/mol. The molecule has 0 spiro atoms. The number of ether oxygens (including phenoxy) is 1. The van der Waals surface area contributed by atoms with Crippen LogP contribution >= 0.6 is 0 Å². The number of nitrogens with zero attached hydrogens (tertiary/aromatic N) is 3. The van der Waals surface area contributed by atoms with Gasteiger partial charge in [-0.15, -0.1) is 0 Å². The van der Waals surface area contributed by atoms with E-state index >= 15 is 0 Å². The molecule has 140 valence electrons. The van der Waals surface area contributed by atoms with E-state index in [0.717, 1.165) is 41.1 Å². The normalized spacial score (nSPS) is 14.5. The summed E-state index contributed by atoms with van der Waals surface area (Å²) in [6, 6.07) is 7.00. The maximum Gasteiger partial charge on any atom is 0.335 e. The summed E-state index contributed by atoms with van der Waals surface area (Å²) in [6.45, 7) is 6.66. The van der Waals surface area contributed by atoms with Gasteiger partial charge in [0.1, 0.15) is 11.5 Å². The fraction of sp³-hybridized carbons (Fsp3) is 0.316. The predicted octanol–water partition coefficient (Wildman–Crippen LogP) is 2.85. The summed E-state index contributed by atoms with van der Waals surface area (Å²) in [5.74, 6) is 0.400. The Labute approximate surface area is 156 Å². The Morgan fingerprint density at radius 3 is 2.70 bits per heavy atom. The number of aromatic carboxylic acids is 1. The first-order valence-electron chi connectivity index (χ1n) is 8.82. The third-order valence-electron chi connectivity index (χ3n) is 4.63. The summed E-state index contributed by atoms with van der Waals surface area (Å²) >= 11 is 0. The van der Waals surface area contributed by atoms with Crippen LogP contribution in [0.4, 0.5) is 17.5 Å². The molecule has 0 amide bonds. The van der Waals surface area contributed by atoms with Gasteiger partial charge in [0.05, 0.1) is 24.2 Å². The summed E-state index contributed by atoms with van der Waals surface area (Å²) in [7, 11) is 0. The Morgan fingerprint density at radius 1 is 1.22 bits per heavy atom. The Kier molecular flexibility index (Phi) is 4.41. The molecule has 0 radical (unpaired) electrons. The summed E-state index contributed by atoms with van der Waals surface area (Å²) in [6.07, 6.45) is 0. The number of fused-ring (bicyclic) bond motifs is 1. The van der Waals surface area contributed by atoms with E-state index in [2.05, 4.69) is 20.2 Å². The number of hydrogen-bond acceptors (Lipinski definition) is 6. The standard InChI is InChI=1S/C19H21N5O3/c1-11-9-13(18(25)26)3-4-15(11)21-17-14-10-12(2)20-16(14)22-19(23-17)24-5-7-27-8-6-24/h3-4,9-10H,5-8H2,1-2H3,(H,25,26)(H2,20,21,22,23). The molecule has 1 aliphatic heterocycles. The number of benzene rings is 1. The molecule has 0 unspecified atom stereocenters. The molecule has 4 rings (SSSR count). The number of carbonyl (C=O) groups is 1. The summed E-state index contributed by atoms with van der Waals surface area (Å²) in [4.78, 5) is 25.9. The highest BCUT2D eigenvalue weighted by Gasteiger charge is 2.18. The molecule has 0 atom stereocenters. The van der Waals surface area contributed by atoms with Crippen LogP contribution in [0.25, 0.3) is 11.0 Å². The van der Waals surface area contributed by atoms with E-state index in [1.807, 2.05) is 19.9 Å². The minimum absolute atomic E-state index is 0.261. The highest BCUT2D eigenvalue weighted by molar-refractivity contribution is 5.92. The van der Waals surface area contributed by atoms with Gasteiger partial charge in [-0.1, -0.05) is 0 Å². The number of anilines is 3. The SMILES string of the molecule is Cc1cc2c(Nc3ccc(C(=O)O)cc3C)nc(N3CCOCC3)nc2[nH]1. The molecule has 1 aromatic carbocycles. The largest absolute Gasteiger partial charge is 0.478 e. The minimum atomic E-state index is -0.940. The average Bonchev–Trinajstić information content (AvgIpc) is 3.04. The second-order valence-electron chi connectivity index (χ2n) is 6.65. The highest BCUT2D eigenvalue weighted by Crippen LogP contribution is 2.29.